The molecule has 0 saturated carbocycles. The summed E-state index contributed by atoms with van der Waals surface area (Å²) >= 11 is 12.2. The molecular weight excluding hydrogens is 527 g/mol. The van der Waals surface area contributed by atoms with E-state index in [2.05, 4.69) is 31.3 Å². The van der Waals surface area contributed by atoms with Gasteiger partial charge in [0.1, 0.15) is 11.5 Å². The maximum absolute atomic E-state index is 14.9. The molecule has 0 aliphatic heterocycles. The molecule has 0 spiro atoms. The molecule has 186 valence electrons. The minimum absolute atomic E-state index is 0.0475. The first-order valence-corrected chi connectivity index (χ1v) is 10.6. The standard InChI is InChI=1S/C23H14Cl2F4N4O3/c1-2-12-10-30-4-3-14(12)15-8-17(24)16(9-19(15)26)21(34)33-13-7-18(25)20(32-11-13)22(35)31-5-6-36-23(27,28)29/h1,3-4,7-11H,5-6H2,(H,31,35)(H,33,34). The lowest BCUT2D eigenvalue weighted by molar-refractivity contribution is -0.323. The molecule has 2 heterocycles. The predicted octanol–water partition coefficient (Wildman–Crippen LogP) is 5.09. The third kappa shape index (κ3) is 6.69. The SMILES string of the molecule is C#Cc1cnccc1-c1cc(Cl)c(C(=O)Nc2cnc(C(=O)NCCOC(F)(F)F)c(Cl)c2)cc1F. The Kier molecular flexibility index (Phi) is 8.47. The van der Waals surface area contributed by atoms with Crippen LogP contribution < -0.4 is 10.6 Å². The van der Waals surface area contributed by atoms with Crippen molar-refractivity contribution in [1.82, 2.24) is 15.3 Å². The van der Waals surface area contributed by atoms with E-state index in [0.29, 0.717) is 11.1 Å². The molecule has 3 aromatic rings. The zero-order valence-electron chi connectivity index (χ0n) is 17.9. The van der Waals surface area contributed by atoms with Crippen LogP contribution in [0.25, 0.3) is 11.1 Å². The number of pyridine rings is 2. The third-order valence-electron chi connectivity index (χ3n) is 4.54. The number of terminal acetylenes is 1. The molecular formula is C23H14Cl2F4N4O3. The van der Waals surface area contributed by atoms with Crippen LogP contribution in [0.4, 0.5) is 23.2 Å². The summed E-state index contributed by atoms with van der Waals surface area (Å²) < 4.78 is 54.3. The first-order valence-electron chi connectivity index (χ1n) is 9.86. The van der Waals surface area contributed by atoms with Crippen molar-refractivity contribution < 1.29 is 31.9 Å². The molecule has 0 saturated heterocycles. The summed E-state index contributed by atoms with van der Waals surface area (Å²) in [5.41, 5.74) is 0.337. The number of aromatic nitrogens is 2. The Morgan fingerprint density at radius 1 is 1.08 bits per heavy atom. The summed E-state index contributed by atoms with van der Waals surface area (Å²) in [6.45, 7) is -1.25. The molecule has 13 heteroatoms. The topological polar surface area (TPSA) is 93.2 Å². The van der Waals surface area contributed by atoms with Gasteiger partial charge in [0.25, 0.3) is 11.8 Å². The summed E-state index contributed by atoms with van der Waals surface area (Å²) in [5, 5.41) is 4.32. The Labute approximate surface area is 211 Å². The Morgan fingerprint density at radius 2 is 1.83 bits per heavy atom. The molecule has 0 atom stereocenters. The predicted molar refractivity (Wildman–Crippen MR) is 124 cm³/mol. The van der Waals surface area contributed by atoms with E-state index >= 15 is 0 Å². The molecule has 2 amide bonds. The van der Waals surface area contributed by atoms with Gasteiger partial charge in [-0.1, -0.05) is 29.1 Å². The van der Waals surface area contributed by atoms with Crippen molar-refractivity contribution in [2.45, 2.75) is 6.36 Å². The number of hydrogen-bond acceptors (Lipinski definition) is 5. The molecule has 1 aromatic carbocycles. The number of alkyl halides is 3. The van der Waals surface area contributed by atoms with Gasteiger partial charge in [0.05, 0.1) is 39.7 Å². The smallest absolute Gasteiger partial charge is 0.348 e. The van der Waals surface area contributed by atoms with E-state index in [0.717, 1.165) is 12.3 Å². The van der Waals surface area contributed by atoms with E-state index in [9.17, 15) is 27.2 Å². The highest BCUT2D eigenvalue weighted by molar-refractivity contribution is 6.35. The molecule has 0 fully saturated rings. The monoisotopic (exact) mass is 540 g/mol. The van der Waals surface area contributed by atoms with E-state index in [4.69, 9.17) is 29.6 Å². The quantitative estimate of drug-likeness (QED) is 0.247. The van der Waals surface area contributed by atoms with Gasteiger partial charge in [-0.05, 0) is 24.3 Å². The third-order valence-corrected chi connectivity index (χ3v) is 5.14. The fourth-order valence-electron chi connectivity index (χ4n) is 2.96. The van der Waals surface area contributed by atoms with Gasteiger partial charge in [-0.25, -0.2) is 9.37 Å². The first-order chi connectivity index (χ1) is 17.0. The number of benzene rings is 1. The van der Waals surface area contributed by atoms with Crippen molar-refractivity contribution >= 4 is 40.7 Å². The highest BCUT2D eigenvalue weighted by Gasteiger charge is 2.28. The molecule has 36 heavy (non-hydrogen) atoms. The van der Waals surface area contributed by atoms with Crippen molar-refractivity contribution in [3.63, 3.8) is 0 Å². The summed E-state index contributed by atoms with van der Waals surface area (Å²) in [6, 6.07) is 4.89. The van der Waals surface area contributed by atoms with Crippen LogP contribution in [0, 0.1) is 18.2 Å². The lowest BCUT2D eigenvalue weighted by atomic mass is 10.00. The number of anilines is 1. The molecule has 0 aliphatic rings. The average molecular weight is 541 g/mol. The van der Waals surface area contributed by atoms with E-state index < -0.39 is 37.1 Å². The van der Waals surface area contributed by atoms with Crippen LogP contribution in [0.2, 0.25) is 10.0 Å². The highest BCUT2D eigenvalue weighted by atomic mass is 35.5. The molecule has 3 rings (SSSR count). The fraction of sp³-hybridized carbons (Fsp3) is 0.130. The lowest BCUT2D eigenvalue weighted by Crippen LogP contribution is -2.30. The maximum atomic E-state index is 14.9. The summed E-state index contributed by atoms with van der Waals surface area (Å²) in [4.78, 5) is 32.4. The number of carbonyl (C=O) groups excluding carboxylic acids is 2. The van der Waals surface area contributed by atoms with Crippen molar-refractivity contribution in [3.8, 4) is 23.5 Å². The normalized spacial score (nSPS) is 11.0. The zero-order chi connectivity index (χ0) is 26.5. The average Bonchev–Trinajstić information content (AvgIpc) is 2.82. The van der Waals surface area contributed by atoms with Crippen molar-refractivity contribution in [3.05, 3.63) is 75.5 Å². The van der Waals surface area contributed by atoms with Gasteiger partial charge < -0.3 is 10.6 Å². The number of nitrogens with one attached hydrogen (secondary N) is 2. The molecule has 0 unspecified atom stereocenters. The molecule has 0 aliphatic carbocycles. The highest BCUT2D eigenvalue weighted by Crippen LogP contribution is 2.31. The van der Waals surface area contributed by atoms with Crippen LogP contribution in [0.3, 0.4) is 0 Å². The molecule has 2 aromatic heterocycles. The lowest BCUT2D eigenvalue weighted by Gasteiger charge is -2.12. The van der Waals surface area contributed by atoms with Crippen LogP contribution in [0.5, 0.6) is 0 Å². The van der Waals surface area contributed by atoms with Gasteiger partial charge in [-0.3, -0.25) is 19.3 Å². The van der Waals surface area contributed by atoms with Crippen molar-refractivity contribution in [1.29, 1.82) is 0 Å². The molecule has 0 bridgehead atoms. The van der Waals surface area contributed by atoms with Crippen LogP contribution in [0.1, 0.15) is 26.4 Å². The van der Waals surface area contributed by atoms with Gasteiger partial charge >= 0.3 is 6.36 Å². The Morgan fingerprint density at radius 3 is 2.50 bits per heavy atom. The number of carbonyl (C=O) groups is 2. The van der Waals surface area contributed by atoms with Crippen LogP contribution in [-0.4, -0.2) is 41.3 Å². The van der Waals surface area contributed by atoms with Gasteiger partial charge in [0.15, 0.2) is 0 Å². The Hall–Kier alpha value is -3.72. The van der Waals surface area contributed by atoms with Gasteiger partial charge in [0.2, 0.25) is 0 Å². The number of halogens is 6. The largest absolute Gasteiger partial charge is 0.522 e. The number of amides is 2. The van der Waals surface area contributed by atoms with Gasteiger partial charge in [0, 0.05) is 30.1 Å². The second-order valence-corrected chi connectivity index (χ2v) is 7.75. The number of hydrogen-bond donors (Lipinski definition) is 2. The maximum Gasteiger partial charge on any atom is 0.522 e. The minimum Gasteiger partial charge on any atom is -0.348 e. The number of ether oxygens (including phenoxy) is 1. The summed E-state index contributed by atoms with van der Waals surface area (Å²) in [6.07, 6.45) is 4.51. The van der Waals surface area contributed by atoms with Gasteiger partial charge in [-0.2, -0.15) is 0 Å². The zero-order valence-corrected chi connectivity index (χ0v) is 19.4. The Balaban J connectivity index is 1.72. The number of nitrogens with zero attached hydrogens (tertiary/aromatic N) is 2. The van der Waals surface area contributed by atoms with Gasteiger partial charge in [-0.15, -0.1) is 19.6 Å². The van der Waals surface area contributed by atoms with E-state index in [1.165, 1.54) is 30.6 Å². The summed E-state index contributed by atoms with van der Waals surface area (Å²) in [5.74, 6) is -0.0110. The first kappa shape index (κ1) is 26.9. The van der Waals surface area contributed by atoms with E-state index in [1.54, 1.807) is 0 Å². The fourth-order valence-corrected chi connectivity index (χ4v) is 3.46. The van der Waals surface area contributed by atoms with E-state index in [1.807, 2.05) is 0 Å². The second-order valence-electron chi connectivity index (χ2n) is 6.94. The molecule has 2 N–H and O–H groups in total. The van der Waals surface area contributed by atoms with Crippen molar-refractivity contribution in [2.24, 2.45) is 0 Å². The summed E-state index contributed by atoms with van der Waals surface area (Å²) in [7, 11) is 0. The van der Waals surface area contributed by atoms with E-state index in [-0.39, 0.29) is 32.6 Å². The van der Waals surface area contributed by atoms with Crippen LogP contribution in [0.15, 0.2) is 42.9 Å². The van der Waals surface area contributed by atoms with Crippen molar-refractivity contribution in [2.75, 3.05) is 18.5 Å². The molecule has 7 nitrogen and oxygen atoms in total. The van der Waals surface area contributed by atoms with Crippen LogP contribution >= 0.6 is 23.2 Å². The molecule has 0 radical (unpaired) electrons. The second kappa shape index (κ2) is 11.3. The Bertz CT molecular complexity index is 1360. The minimum atomic E-state index is -4.82. The number of rotatable bonds is 7. The van der Waals surface area contributed by atoms with Crippen LogP contribution in [-0.2, 0) is 4.74 Å².